The van der Waals surface area contributed by atoms with Gasteiger partial charge in [0, 0.05) is 24.9 Å². The Morgan fingerprint density at radius 3 is 2.30 bits per heavy atom. The van der Waals surface area contributed by atoms with Crippen LogP contribution in [0.1, 0.15) is 66.8 Å². The molecule has 5 heteroatoms. The summed E-state index contributed by atoms with van der Waals surface area (Å²) in [7, 11) is 0. The molecule has 1 aromatic heterocycles. The lowest BCUT2D eigenvalue weighted by molar-refractivity contribution is 0.160. The van der Waals surface area contributed by atoms with Crippen LogP contribution in [-0.4, -0.2) is 30.8 Å². The minimum atomic E-state index is -0.431. The van der Waals surface area contributed by atoms with Crippen LogP contribution in [0.25, 0.3) is 0 Å². The first-order valence-corrected chi connectivity index (χ1v) is 12.1. The van der Waals surface area contributed by atoms with E-state index in [1.807, 2.05) is 0 Å². The monoisotopic (exact) mass is 441 g/mol. The Bertz CT molecular complexity index is 1030. The summed E-state index contributed by atoms with van der Waals surface area (Å²) >= 11 is 0. The van der Waals surface area contributed by atoms with E-state index in [0.717, 1.165) is 44.5 Å². The van der Waals surface area contributed by atoms with Crippen LogP contribution in [0, 0.1) is 0 Å². The fourth-order valence-corrected chi connectivity index (χ4v) is 5.18. The second-order valence-corrected chi connectivity index (χ2v) is 8.94. The van der Waals surface area contributed by atoms with Crippen LogP contribution in [0.15, 0.2) is 66.7 Å². The van der Waals surface area contributed by atoms with Crippen molar-refractivity contribution in [2.75, 3.05) is 29.9 Å². The molecule has 1 amide bonds. The zero-order valence-corrected chi connectivity index (χ0v) is 19.2. The first kappa shape index (κ1) is 21.5. The van der Waals surface area contributed by atoms with Gasteiger partial charge in [0.05, 0.1) is 18.0 Å². The number of nitrogens with zero attached hydrogens (tertiary/aromatic N) is 2. The number of unbranched alkanes of at least 4 members (excludes halogenated alkanes) is 1. The number of nitrogens with one attached hydrogen (secondary N) is 1. The highest BCUT2D eigenvalue weighted by molar-refractivity contribution is 5.84. The average Bonchev–Trinajstić information content (AvgIpc) is 2.85. The summed E-state index contributed by atoms with van der Waals surface area (Å²) in [5, 5.41) is 2.92. The van der Waals surface area contributed by atoms with Gasteiger partial charge in [0.2, 0.25) is 0 Å². The zero-order valence-electron chi connectivity index (χ0n) is 19.2. The molecule has 0 aliphatic carbocycles. The van der Waals surface area contributed by atoms with E-state index in [4.69, 9.17) is 9.72 Å². The van der Waals surface area contributed by atoms with Crippen molar-refractivity contribution in [3.63, 3.8) is 0 Å². The van der Waals surface area contributed by atoms with Crippen LogP contribution in [0.3, 0.4) is 0 Å². The predicted octanol–water partition coefficient (Wildman–Crippen LogP) is 6.31. The summed E-state index contributed by atoms with van der Waals surface area (Å²) in [6, 6.07) is 23.4. The molecule has 33 heavy (non-hydrogen) atoms. The molecule has 2 aliphatic rings. The lowest BCUT2D eigenvalue weighted by Gasteiger charge is -2.42. The van der Waals surface area contributed by atoms with Gasteiger partial charge >= 0.3 is 6.09 Å². The SMILES string of the molecule is CCCCOC(=O)Nc1cc2c3c(n1)[C@H](c1ccccc1)CCN3CC[C@H]2c1ccccc1. The summed E-state index contributed by atoms with van der Waals surface area (Å²) in [5.74, 6) is 1.07. The Hall–Kier alpha value is -3.34. The van der Waals surface area contributed by atoms with Crippen molar-refractivity contribution in [1.29, 1.82) is 0 Å². The number of ether oxygens (including phenoxy) is 1. The number of hydrogen-bond donors (Lipinski definition) is 1. The Kier molecular flexibility index (Phi) is 6.29. The van der Waals surface area contributed by atoms with Crippen molar-refractivity contribution in [3.8, 4) is 0 Å². The molecule has 2 atom stereocenters. The van der Waals surface area contributed by atoms with Crippen molar-refractivity contribution in [2.45, 2.75) is 44.4 Å². The third-order valence-corrected chi connectivity index (χ3v) is 6.81. The van der Waals surface area contributed by atoms with E-state index in [1.165, 1.54) is 22.4 Å². The number of carbonyl (C=O) groups is 1. The maximum Gasteiger partial charge on any atom is 0.412 e. The molecule has 0 spiro atoms. The van der Waals surface area contributed by atoms with E-state index in [1.54, 1.807) is 0 Å². The quantitative estimate of drug-likeness (QED) is 0.456. The Labute approximate surface area is 195 Å². The zero-order chi connectivity index (χ0) is 22.6. The number of benzene rings is 2. The standard InChI is InChI=1S/C28H31N3O2/c1-2-3-18-33-28(32)30-25-19-24-22(20-10-6-4-7-11-20)14-16-31-17-15-23(26(29-25)27(24)31)21-12-8-5-9-13-21/h4-13,19,22-23H,2-3,14-18H2,1H3,(H,29,30,32)/t22-,23-/m0/s1. The Morgan fingerprint density at radius 2 is 1.64 bits per heavy atom. The third kappa shape index (κ3) is 4.45. The lowest BCUT2D eigenvalue weighted by Crippen LogP contribution is -2.38. The Balaban J connectivity index is 1.58. The molecular formula is C28H31N3O2. The van der Waals surface area contributed by atoms with Gasteiger partial charge in [0.1, 0.15) is 5.82 Å². The molecule has 0 fully saturated rings. The first-order chi connectivity index (χ1) is 16.2. The van der Waals surface area contributed by atoms with Crippen LogP contribution in [-0.2, 0) is 4.74 Å². The van der Waals surface area contributed by atoms with Gasteiger partial charge in [0.25, 0.3) is 0 Å². The lowest BCUT2D eigenvalue weighted by atomic mass is 9.79. The summed E-state index contributed by atoms with van der Waals surface area (Å²) < 4.78 is 5.36. The van der Waals surface area contributed by atoms with E-state index in [-0.39, 0.29) is 11.8 Å². The van der Waals surface area contributed by atoms with Gasteiger partial charge in [-0.1, -0.05) is 74.0 Å². The van der Waals surface area contributed by atoms with Gasteiger partial charge in [-0.2, -0.15) is 0 Å². The molecule has 170 valence electrons. The van der Waals surface area contributed by atoms with Crippen molar-refractivity contribution in [3.05, 3.63) is 89.1 Å². The highest BCUT2D eigenvalue weighted by Crippen LogP contribution is 2.48. The second-order valence-electron chi connectivity index (χ2n) is 8.94. The molecule has 3 aromatic rings. The highest BCUT2D eigenvalue weighted by Gasteiger charge is 2.36. The molecule has 0 saturated heterocycles. The van der Waals surface area contributed by atoms with E-state index < -0.39 is 6.09 Å². The first-order valence-electron chi connectivity index (χ1n) is 12.1. The minimum Gasteiger partial charge on any atom is -0.449 e. The normalized spacial score (nSPS) is 19.0. The maximum absolute atomic E-state index is 12.5. The van der Waals surface area contributed by atoms with Gasteiger partial charge in [-0.05, 0) is 42.0 Å². The van der Waals surface area contributed by atoms with Crippen molar-refractivity contribution < 1.29 is 9.53 Å². The Morgan fingerprint density at radius 1 is 1.00 bits per heavy atom. The largest absolute Gasteiger partial charge is 0.449 e. The van der Waals surface area contributed by atoms with Gasteiger partial charge in [-0.15, -0.1) is 0 Å². The fraction of sp³-hybridized carbons (Fsp3) is 0.357. The highest BCUT2D eigenvalue weighted by atomic mass is 16.5. The molecular weight excluding hydrogens is 410 g/mol. The fourth-order valence-electron chi connectivity index (χ4n) is 5.18. The van der Waals surface area contributed by atoms with Crippen molar-refractivity contribution in [2.24, 2.45) is 0 Å². The van der Waals surface area contributed by atoms with E-state index in [0.29, 0.717) is 12.4 Å². The molecule has 5 rings (SSSR count). The number of aromatic nitrogens is 1. The summed E-state index contributed by atoms with van der Waals surface area (Å²) in [4.78, 5) is 19.9. The molecule has 0 radical (unpaired) electrons. The average molecular weight is 442 g/mol. The number of carbonyl (C=O) groups excluding carboxylic acids is 1. The number of hydrogen-bond acceptors (Lipinski definition) is 4. The van der Waals surface area contributed by atoms with E-state index >= 15 is 0 Å². The van der Waals surface area contributed by atoms with Gasteiger partial charge < -0.3 is 9.64 Å². The minimum absolute atomic E-state index is 0.212. The third-order valence-electron chi connectivity index (χ3n) is 6.81. The topological polar surface area (TPSA) is 54.5 Å². The predicted molar refractivity (Wildman–Crippen MR) is 132 cm³/mol. The smallest absolute Gasteiger partial charge is 0.412 e. The molecule has 2 aliphatic heterocycles. The van der Waals surface area contributed by atoms with E-state index in [2.05, 4.69) is 83.9 Å². The van der Waals surface area contributed by atoms with Gasteiger partial charge in [0.15, 0.2) is 0 Å². The number of anilines is 2. The molecule has 0 unspecified atom stereocenters. The van der Waals surface area contributed by atoms with Crippen LogP contribution in [0.4, 0.5) is 16.3 Å². The second kappa shape index (κ2) is 9.65. The number of pyridine rings is 1. The van der Waals surface area contributed by atoms with Crippen molar-refractivity contribution in [1.82, 2.24) is 4.98 Å². The summed E-state index contributed by atoms with van der Waals surface area (Å²) in [6.07, 6.45) is 3.49. The maximum atomic E-state index is 12.5. The van der Waals surface area contributed by atoms with Crippen LogP contribution >= 0.6 is 0 Å². The molecule has 0 saturated carbocycles. The summed E-state index contributed by atoms with van der Waals surface area (Å²) in [6.45, 7) is 4.55. The van der Waals surface area contributed by atoms with Crippen LogP contribution in [0.5, 0.6) is 0 Å². The molecule has 5 nitrogen and oxygen atoms in total. The van der Waals surface area contributed by atoms with E-state index in [9.17, 15) is 4.79 Å². The van der Waals surface area contributed by atoms with Crippen LogP contribution < -0.4 is 10.2 Å². The molecule has 1 N–H and O–H groups in total. The number of rotatable bonds is 6. The van der Waals surface area contributed by atoms with Gasteiger partial charge in [-0.3, -0.25) is 5.32 Å². The summed E-state index contributed by atoms with van der Waals surface area (Å²) in [5.41, 5.74) is 6.15. The molecule has 2 aromatic carbocycles. The van der Waals surface area contributed by atoms with Crippen LogP contribution in [0.2, 0.25) is 0 Å². The molecule has 3 heterocycles. The number of amides is 1. The van der Waals surface area contributed by atoms with Crippen molar-refractivity contribution >= 4 is 17.6 Å². The molecule has 0 bridgehead atoms. The van der Waals surface area contributed by atoms with Gasteiger partial charge in [-0.25, -0.2) is 9.78 Å².